The van der Waals surface area contributed by atoms with Gasteiger partial charge in [-0.1, -0.05) is 22.9 Å². The van der Waals surface area contributed by atoms with Crippen LogP contribution in [0.4, 0.5) is 5.69 Å². The number of aromatic nitrogens is 2. The number of piperidine rings is 1. The number of hydrogen-bond acceptors (Lipinski definition) is 7. The van der Waals surface area contributed by atoms with Crippen LogP contribution in [-0.2, 0) is 10.0 Å². The summed E-state index contributed by atoms with van der Waals surface area (Å²) in [6.45, 7) is 4.66. The maximum Gasteiger partial charge on any atom is 0.265 e. The van der Waals surface area contributed by atoms with Crippen LogP contribution in [-0.4, -0.2) is 42.5 Å². The van der Waals surface area contributed by atoms with Crippen molar-refractivity contribution in [3.63, 3.8) is 0 Å². The highest BCUT2D eigenvalue weighted by molar-refractivity contribution is 7.93. The fourth-order valence-corrected chi connectivity index (χ4v) is 5.93. The van der Waals surface area contributed by atoms with Gasteiger partial charge in [0.15, 0.2) is 5.82 Å². The van der Waals surface area contributed by atoms with Crippen LogP contribution < -0.4 is 4.72 Å². The lowest BCUT2D eigenvalue weighted by atomic mass is 9.98. The van der Waals surface area contributed by atoms with E-state index in [2.05, 4.69) is 14.9 Å². The molecule has 3 aromatic rings. The van der Waals surface area contributed by atoms with E-state index in [4.69, 9.17) is 4.52 Å². The van der Waals surface area contributed by atoms with E-state index >= 15 is 0 Å². The number of amides is 1. The number of carbonyl (C=O) groups excluding carboxylic acids is 1. The van der Waals surface area contributed by atoms with Crippen LogP contribution in [0.3, 0.4) is 0 Å². The van der Waals surface area contributed by atoms with E-state index in [0.717, 1.165) is 29.7 Å². The topological polar surface area (TPSA) is 105 Å². The van der Waals surface area contributed by atoms with Crippen molar-refractivity contribution in [2.24, 2.45) is 0 Å². The van der Waals surface area contributed by atoms with Crippen molar-refractivity contribution in [1.29, 1.82) is 0 Å². The summed E-state index contributed by atoms with van der Waals surface area (Å²) in [5.74, 6) is 0.733. The zero-order valence-corrected chi connectivity index (χ0v) is 18.3. The van der Waals surface area contributed by atoms with Crippen LogP contribution in [0.15, 0.2) is 45.1 Å². The zero-order chi connectivity index (χ0) is 21.3. The van der Waals surface area contributed by atoms with Gasteiger partial charge in [-0.2, -0.15) is 4.98 Å². The predicted molar refractivity (Wildman–Crippen MR) is 113 cm³/mol. The number of sulfonamides is 1. The summed E-state index contributed by atoms with van der Waals surface area (Å²) >= 11 is 1.13. The van der Waals surface area contributed by atoms with Gasteiger partial charge in [-0.15, -0.1) is 11.3 Å². The van der Waals surface area contributed by atoms with Crippen molar-refractivity contribution in [1.82, 2.24) is 15.0 Å². The van der Waals surface area contributed by atoms with Gasteiger partial charge < -0.3 is 9.42 Å². The number of nitrogens with one attached hydrogen (secondary N) is 1. The molecule has 0 aliphatic carbocycles. The zero-order valence-electron chi connectivity index (χ0n) is 16.7. The predicted octanol–water partition coefficient (Wildman–Crippen LogP) is 3.57. The van der Waals surface area contributed by atoms with Gasteiger partial charge in [0.1, 0.15) is 9.77 Å². The summed E-state index contributed by atoms with van der Waals surface area (Å²) < 4.78 is 33.7. The molecule has 0 radical (unpaired) electrons. The number of thiophene rings is 1. The second kappa shape index (κ2) is 8.19. The average Bonchev–Trinajstić information content (AvgIpc) is 3.39. The third kappa shape index (κ3) is 4.24. The molecule has 1 amide bonds. The normalized spacial score (nSPS) is 17.1. The summed E-state index contributed by atoms with van der Waals surface area (Å²) in [7, 11) is -3.89. The van der Waals surface area contributed by atoms with E-state index in [1.807, 2.05) is 19.1 Å². The van der Waals surface area contributed by atoms with E-state index < -0.39 is 10.0 Å². The number of carbonyl (C=O) groups is 1. The SMILES string of the molecule is Cc1ccc(NS(=O)(=O)c2ccsc2C(=O)N2CCCC(c3nc(C)no3)C2)cc1. The monoisotopic (exact) mass is 446 g/mol. The Kier molecular flexibility index (Phi) is 5.61. The number of anilines is 1. The molecule has 10 heteroatoms. The van der Waals surface area contributed by atoms with E-state index in [1.165, 1.54) is 6.07 Å². The third-order valence-corrected chi connectivity index (χ3v) is 7.47. The van der Waals surface area contributed by atoms with Crippen LogP contribution in [0.2, 0.25) is 0 Å². The van der Waals surface area contributed by atoms with Crippen molar-refractivity contribution in [3.05, 3.63) is 57.9 Å². The maximum absolute atomic E-state index is 13.2. The molecule has 1 aliphatic rings. The molecule has 0 bridgehead atoms. The Morgan fingerprint density at radius 2 is 2.00 bits per heavy atom. The quantitative estimate of drug-likeness (QED) is 0.642. The van der Waals surface area contributed by atoms with E-state index in [0.29, 0.717) is 30.5 Å². The first-order chi connectivity index (χ1) is 14.3. The number of nitrogens with zero attached hydrogens (tertiary/aromatic N) is 3. The van der Waals surface area contributed by atoms with Crippen molar-refractivity contribution in [3.8, 4) is 0 Å². The van der Waals surface area contributed by atoms with Gasteiger partial charge in [0.2, 0.25) is 5.89 Å². The van der Waals surface area contributed by atoms with Gasteiger partial charge in [0.25, 0.3) is 15.9 Å². The molecule has 2 aromatic heterocycles. The molecule has 0 saturated carbocycles. The van der Waals surface area contributed by atoms with Gasteiger partial charge in [0, 0.05) is 18.8 Å². The number of rotatable bonds is 5. The van der Waals surface area contributed by atoms with Crippen molar-refractivity contribution < 1.29 is 17.7 Å². The van der Waals surface area contributed by atoms with Gasteiger partial charge in [-0.25, -0.2) is 8.42 Å². The first kappa shape index (κ1) is 20.5. The smallest absolute Gasteiger partial charge is 0.265 e. The second-order valence-electron chi connectivity index (χ2n) is 7.36. The molecule has 0 spiro atoms. The van der Waals surface area contributed by atoms with E-state index in [-0.39, 0.29) is 21.6 Å². The summed E-state index contributed by atoms with van der Waals surface area (Å²) in [6.07, 6.45) is 1.63. The Labute approximate surface area is 179 Å². The molecule has 1 unspecified atom stereocenters. The molecule has 1 atom stereocenters. The number of benzene rings is 1. The highest BCUT2D eigenvalue weighted by Gasteiger charge is 2.32. The largest absolute Gasteiger partial charge is 0.339 e. The Bertz CT molecular complexity index is 1150. The van der Waals surface area contributed by atoms with Gasteiger partial charge in [-0.05, 0) is 50.3 Å². The molecule has 1 fully saturated rings. The summed E-state index contributed by atoms with van der Waals surface area (Å²) in [5, 5.41) is 5.45. The van der Waals surface area contributed by atoms with Gasteiger partial charge in [-0.3, -0.25) is 9.52 Å². The molecule has 3 heterocycles. The summed E-state index contributed by atoms with van der Waals surface area (Å²) in [4.78, 5) is 19.3. The highest BCUT2D eigenvalue weighted by atomic mass is 32.2. The Hall–Kier alpha value is -2.72. The maximum atomic E-state index is 13.2. The fraction of sp³-hybridized carbons (Fsp3) is 0.350. The molecule has 1 N–H and O–H groups in total. The molecular formula is C20H22N4O4S2. The van der Waals surface area contributed by atoms with Crippen LogP contribution in [0.1, 0.15) is 45.7 Å². The highest BCUT2D eigenvalue weighted by Crippen LogP contribution is 2.30. The first-order valence-corrected chi connectivity index (χ1v) is 12.0. The van der Waals surface area contributed by atoms with Crippen molar-refractivity contribution in [2.45, 2.75) is 37.5 Å². The van der Waals surface area contributed by atoms with Crippen LogP contribution in [0.5, 0.6) is 0 Å². The Balaban J connectivity index is 1.54. The number of hydrogen-bond donors (Lipinski definition) is 1. The van der Waals surface area contributed by atoms with Gasteiger partial charge >= 0.3 is 0 Å². The van der Waals surface area contributed by atoms with Gasteiger partial charge in [0.05, 0.1) is 5.92 Å². The Morgan fingerprint density at radius 1 is 1.23 bits per heavy atom. The van der Waals surface area contributed by atoms with Crippen LogP contribution in [0, 0.1) is 13.8 Å². The minimum Gasteiger partial charge on any atom is -0.339 e. The number of likely N-dealkylation sites (tertiary alicyclic amines) is 1. The molecule has 4 rings (SSSR count). The number of aryl methyl sites for hydroxylation is 2. The van der Waals surface area contributed by atoms with Crippen LogP contribution in [0.25, 0.3) is 0 Å². The Morgan fingerprint density at radius 3 is 2.70 bits per heavy atom. The van der Waals surface area contributed by atoms with E-state index in [9.17, 15) is 13.2 Å². The summed E-state index contributed by atoms with van der Waals surface area (Å²) in [5.41, 5.74) is 1.48. The van der Waals surface area contributed by atoms with E-state index in [1.54, 1.807) is 29.3 Å². The molecule has 1 aliphatic heterocycles. The molecule has 1 aromatic carbocycles. The molecule has 8 nitrogen and oxygen atoms in total. The third-order valence-electron chi connectivity index (χ3n) is 5.02. The minimum atomic E-state index is -3.89. The lowest BCUT2D eigenvalue weighted by molar-refractivity contribution is 0.0697. The lowest BCUT2D eigenvalue weighted by Gasteiger charge is -2.31. The second-order valence-corrected chi connectivity index (χ2v) is 9.92. The summed E-state index contributed by atoms with van der Waals surface area (Å²) in [6, 6.07) is 8.51. The average molecular weight is 447 g/mol. The standard InChI is InChI=1S/C20H22N4O4S2/c1-13-5-7-16(8-6-13)23-30(26,27)17-9-11-29-18(17)20(25)24-10-3-4-15(12-24)19-21-14(2)22-28-19/h5-9,11,15,23H,3-4,10,12H2,1-2H3. The molecule has 158 valence electrons. The van der Waals surface area contributed by atoms with Crippen molar-refractivity contribution >= 4 is 33.0 Å². The fourth-order valence-electron chi connectivity index (χ4n) is 3.48. The minimum absolute atomic E-state index is 0.00571. The lowest BCUT2D eigenvalue weighted by Crippen LogP contribution is -2.39. The first-order valence-electron chi connectivity index (χ1n) is 9.60. The molecular weight excluding hydrogens is 424 g/mol. The van der Waals surface area contributed by atoms with Crippen LogP contribution >= 0.6 is 11.3 Å². The molecule has 30 heavy (non-hydrogen) atoms. The van der Waals surface area contributed by atoms with Crippen molar-refractivity contribution in [2.75, 3.05) is 17.8 Å². The molecule has 1 saturated heterocycles.